The zero-order valence-corrected chi connectivity index (χ0v) is 16.4. The van der Waals surface area contributed by atoms with Crippen molar-refractivity contribution in [3.05, 3.63) is 58.4 Å². The van der Waals surface area contributed by atoms with E-state index in [1.54, 1.807) is 19.2 Å². The number of rotatable bonds is 5. The molecular weight excluding hydrogens is 367 g/mol. The number of hydrogen-bond donors (Lipinski definition) is 1. The summed E-state index contributed by atoms with van der Waals surface area (Å²) in [6, 6.07) is 10.5. The Balaban J connectivity index is 1.56. The van der Waals surface area contributed by atoms with E-state index in [4.69, 9.17) is 16.3 Å². The third-order valence-corrected chi connectivity index (χ3v) is 5.22. The molecule has 0 atom stereocenters. The van der Waals surface area contributed by atoms with Crippen LogP contribution in [0.25, 0.3) is 0 Å². The lowest BCUT2D eigenvalue weighted by Crippen LogP contribution is -2.38. The first-order valence-corrected chi connectivity index (χ1v) is 9.46. The zero-order valence-electron chi connectivity index (χ0n) is 15.6. The van der Waals surface area contributed by atoms with Crippen molar-refractivity contribution >= 4 is 23.2 Å². The molecule has 27 heavy (non-hydrogen) atoms. The molecule has 0 bridgehead atoms. The van der Waals surface area contributed by atoms with Gasteiger partial charge in [0.05, 0.1) is 12.8 Å². The highest BCUT2D eigenvalue weighted by atomic mass is 35.5. The molecule has 1 saturated heterocycles. The molecule has 0 spiro atoms. The first kappa shape index (κ1) is 19.6. The SMILES string of the molecule is COc1ccc(C)cc1NC(=O)C1CCN(Cc2ccc(Cl)cc2F)CC1. The summed E-state index contributed by atoms with van der Waals surface area (Å²) in [6.45, 7) is 4.02. The van der Waals surface area contributed by atoms with Crippen LogP contribution in [-0.4, -0.2) is 31.0 Å². The highest BCUT2D eigenvalue weighted by Crippen LogP contribution is 2.28. The van der Waals surface area contributed by atoms with Gasteiger partial charge in [0.2, 0.25) is 5.91 Å². The Hall–Kier alpha value is -2.11. The predicted molar refractivity (Wildman–Crippen MR) is 106 cm³/mol. The van der Waals surface area contributed by atoms with E-state index in [2.05, 4.69) is 10.2 Å². The molecule has 3 rings (SSSR count). The van der Waals surface area contributed by atoms with Crippen LogP contribution in [0, 0.1) is 18.7 Å². The molecule has 144 valence electrons. The second-order valence-electron chi connectivity index (χ2n) is 6.98. The molecule has 0 aliphatic carbocycles. The normalized spacial score (nSPS) is 15.6. The predicted octanol–water partition coefficient (Wildman–Crippen LogP) is 4.65. The Morgan fingerprint density at radius 2 is 2.00 bits per heavy atom. The number of nitrogens with zero attached hydrogens (tertiary/aromatic N) is 1. The Labute approximate surface area is 164 Å². The lowest BCUT2D eigenvalue weighted by molar-refractivity contribution is -0.121. The van der Waals surface area contributed by atoms with Crippen molar-refractivity contribution in [1.82, 2.24) is 4.90 Å². The standard InChI is InChI=1S/C21H24ClFN2O2/c1-14-3-6-20(27-2)19(11-14)24-21(26)15-7-9-25(10-8-15)13-16-4-5-17(22)12-18(16)23/h3-6,11-12,15H,7-10,13H2,1-2H3,(H,24,26). The topological polar surface area (TPSA) is 41.6 Å². The number of likely N-dealkylation sites (tertiary alicyclic amines) is 1. The van der Waals surface area contributed by atoms with Gasteiger partial charge >= 0.3 is 0 Å². The molecule has 1 aliphatic rings. The van der Waals surface area contributed by atoms with Gasteiger partial charge in [0, 0.05) is 23.0 Å². The Bertz CT molecular complexity index is 820. The van der Waals surface area contributed by atoms with E-state index in [0.717, 1.165) is 31.5 Å². The smallest absolute Gasteiger partial charge is 0.227 e. The van der Waals surface area contributed by atoms with Crippen molar-refractivity contribution in [3.63, 3.8) is 0 Å². The maximum absolute atomic E-state index is 14.0. The fourth-order valence-electron chi connectivity index (χ4n) is 3.40. The van der Waals surface area contributed by atoms with Gasteiger partial charge in [0.15, 0.2) is 0 Å². The van der Waals surface area contributed by atoms with E-state index in [-0.39, 0.29) is 17.6 Å². The molecular formula is C21H24ClFN2O2. The van der Waals surface area contributed by atoms with Crippen LogP contribution >= 0.6 is 11.6 Å². The van der Waals surface area contributed by atoms with Gasteiger partial charge in [-0.3, -0.25) is 9.69 Å². The van der Waals surface area contributed by atoms with Crippen molar-refractivity contribution in [2.75, 3.05) is 25.5 Å². The summed E-state index contributed by atoms with van der Waals surface area (Å²) >= 11 is 5.80. The maximum Gasteiger partial charge on any atom is 0.227 e. The zero-order chi connectivity index (χ0) is 19.4. The molecule has 1 fully saturated rings. The molecule has 1 amide bonds. The molecule has 6 heteroatoms. The van der Waals surface area contributed by atoms with Crippen LogP contribution in [0.2, 0.25) is 5.02 Å². The van der Waals surface area contributed by atoms with Crippen LogP contribution in [0.3, 0.4) is 0 Å². The van der Waals surface area contributed by atoms with Gasteiger partial charge in [-0.05, 0) is 62.7 Å². The van der Waals surface area contributed by atoms with Crippen molar-refractivity contribution in [2.24, 2.45) is 5.92 Å². The van der Waals surface area contributed by atoms with E-state index < -0.39 is 0 Å². The number of carbonyl (C=O) groups excluding carboxylic acids is 1. The number of halogens is 2. The van der Waals surface area contributed by atoms with Crippen LogP contribution in [0.5, 0.6) is 5.75 Å². The lowest BCUT2D eigenvalue weighted by Gasteiger charge is -2.31. The van der Waals surface area contributed by atoms with Gasteiger partial charge in [0.1, 0.15) is 11.6 Å². The maximum atomic E-state index is 14.0. The summed E-state index contributed by atoms with van der Waals surface area (Å²) < 4.78 is 19.3. The summed E-state index contributed by atoms with van der Waals surface area (Å²) in [5.74, 6) is 0.330. The summed E-state index contributed by atoms with van der Waals surface area (Å²) in [7, 11) is 1.59. The van der Waals surface area contributed by atoms with E-state index in [0.29, 0.717) is 28.6 Å². The molecule has 2 aromatic carbocycles. The number of piperidine rings is 1. The van der Waals surface area contributed by atoms with Gasteiger partial charge < -0.3 is 10.1 Å². The molecule has 0 radical (unpaired) electrons. The number of methoxy groups -OCH3 is 1. The molecule has 0 saturated carbocycles. The van der Waals surface area contributed by atoms with Crippen molar-refractivity contribution < 1.29 is 13.9 Å². The molecule has 2 aromatic rings. The van der Waals surface area contributed by atoms with Crippen molar-refractivity contribution in [1.29, 1.82) is 0 Å². The Morgan fingerprint density at radius 1 is 1.26 bits per heavy atom. The van der Waals surface area contributed by atoms with E-state index in [1.807, 2.05) is 25.1 Å². The Morgan fingerprint density at radius 3 is 2.67 bits per heavy atom. The first-order valence-electron chi connectivity index (χ1n) is 9.08. The second kappa shape index (κ2) is 8.72. The second-order valence-corrected chi connectivity index (χ2v) is 7.42. The number of hydrogen-bond acceptors (Lipinski definition) is 3. The summed E-state index contributed by atoms with van der Waals surface area (Å²) in [5, 5.41) is 3.40. The fourth-order valence-corrected chi connectivity index (χ4v) is 3.56. The molecule has 0 aromatic heterocycles. The average molecular weight is 391 g/mol. The van der Waals surface area contributed by atoms with Crippen LogP contribution in [0.1, 0.15) is 24.0 Å². The number of amides is 1. The van der Waals surface area contributed by atoms with Crippen LogP contribution < -0.4 is 10.1 Å². The van der Waals surface area contributed by atoms with E-state index >= 15 is 0 Å². The first-order chi connectivity index (χ1) is 13.0. The van der Waals surface area contributed by atoms with Gasteiger partial charge in [-0.2, -0.15) is 0 Å². The highest BCUT2D eigenvalue weighted by Gasteiger charge is 2.26. The largest absolute Gasteiger partial charge is 0.495 e. The number of ether oxygens (including phenoxy) is 1. The summed E-state index contributed by atoms with van der Waals surface area (Å²) in [6.07, 6.45) is 1.49. The Kier molecular flexibility index (Phi) is 6.34. The molecule has 4 nitrogen and oxygen atoms in total. The molecule has 1 heterocycles. The van der Waals surface area contributed by atoms with Crippen molar-refractivity contribution in [2.45, 2.75) is 26.3 Å². The fraction of sp³-hybridized carbons (Fsp3) is 0.381. The summed E-state index contributed by atoms with van der Waals surface area (Å²) in [5.41, 5.74) is 2.39. The molecule has 1 N–H and O–H groups in total. The monoisotopic (exact) mass is 390 g/mol. The van der Waals surface area contributed by atoms with Gasteiger partial charge in [-0.25, -0.2) is 4.39 Å². The van der Waals surface area contributed by atoms with Crippen LogP contribution in [0.4, 0.5) is 10.1 Å². The number of benzene rings is 2. The van der Waals surface area contributed by atoms with Gasteiger partial charge in [-0.1, -0.05) is 23.7 Å². The molecule has 0 unspecified atom stereocenters. The average Bonchev–Trinajstić information content (AvgIpc) is 2.65. The minimum atomic E-state index is -0.283. The third-order valence-electron chi connectivity index (χ3n) is 4.98. The minimum absolute atomic E-state index is 0.0104. The van der Waals surface area contributed by atoms with E-state index in [1.165, 1.54) is 6.07 Å². The van der Waals surface area contributed by atoms with Crippen LogP contribution in [-0.2, 0) is 11.3 Å². The number of carbonyl (C=O) groups is 1. The summed E-state index contributed by atoms with van der Waals surface area (Å²) in [4.78, 5) is 14.8. The van der Waals surface area contributed by atoms with Gasteiger partial charge in [-0.15, -0.1) is 0 Å². The van der Waals surface area contributed by atoms with Gasteiger partial charge in [0.25, 0.3) is 0 Å². The number of anilines is 1. The highest BCUT2D eigenvalue weighted by molar-refractivity contribution is 6.30. The quantitative estimate of drug-likeness (QED) is 0.808. The third kappa shape index (κ3) is 4.99. The minimum Gasteiger partial charge on any atom is -0.495 e. The molecule has 1 aliphatic heterocycles. The van der Waals surface area contributed by atoms with Crippen LogP contribution in [0.15, 0.2) is 36.4 Å². The number of aryl methyl sites for hydroxylation is 1. The van der Waals surface area contributed by atoms with Crippen molar-refractivity contribution in [3.8, 4) is 5.75 Å². The number of nitrogens with one attached hydrogen (secondary N) is 1. The van der Waals surface area contributed by atoms with E-state index in [9.17, 15) is 9.18 Å². The lowest BCUT2D eigenvalue weighted by atomic mass is 9.95.